The Bertz CT molecular complexity index is 6540. The third-order valence-electron chi connectivity index (χ3n) is 20.6. The number of hydrogen-bond acceptors (Lipinski definition) is 30. The molecule has 0 radical (unpaired) electrons. The van der Waals surface area contributed by atoms with Gasteiger partial charge in [-0.1, -0.05) is 98.7 Å². The number of alkyl halides is 3. The van der Waals surface area contributed by atoms with Crippen LogP contribution in [0.1, 0.15) is 168 Å². The average Bonchev–Trinajstić information content (AvgIpc) is 1.63. The van der Waals surface area contributed by atoms with Gasteiger partial charge in [-0.05, 0) is 152 Å². The summed E-state index contributed by atoms with van der Waals surface area (Å²) >= 11 is 1.48. The molecule has 8 aromatic rings. The van der Waals surface area contributed by atoms with Crippen LogP contribution in [-0.2, 0) is 41.8 Å². The fraction of sp³-hybridized carbons (Fsp3) is 0.333. The van der Waals surface area contributed by atoms with Crippen LogP contribution in [-0.4, -0.2) is 223 Å². The molecular formula is C87H98BrF3N20O22S4. The number of fused-ring (bicyclic) bond motifs is 3. The maximum Gasteiger partial charge on any atom is 0.415 e. The van der Waals surface area contributed by atoms with Gasteiger partial charge < -0.3 is 99.4 Å². The van der Waals surface area contributed by atoms with Crippen LogP contribution in [0.3, 0.4) is 0 Å². The van der Waals surface area contributed by atoms with E-state index in [1.807, 2.05) is 83.5 Å². The second-order valence-corrected chi connectivity index (χ2v) is 39.9. The van der Waals surface area contributed by atoms with Gasteiger partial charge in [0.1, 0.15) is 5.76 Å². The normalized spacial score (nSPS) is 17.7. The van der Waals surface area contributed by atoms with E-state index in [1.165, 1.54) is 82.2 Å². The minimum Gasteiger partial charge on any atom is -0.505 e. The third-order valence-corrected chi connectivity index (χ3v) is 24.5. The number of phenolic OH excluding ortho intramolecular Hbond substituents is 4. The number of phenols is 4. The molecule has 4 amide bonds. The first-order valence-electron chi connectivity index (χ1n) is 41.4. The molecule has 7 aliphatic rings. The summed E-state index contributed by atoms with van der Waals surface area (Å²) in [6.45, 7) is 18.1. The summed E-state index contributed by atoms with van der Waals surface area (Å²) in [5, 5.41) is 56.8. The predicted molar refractivity (Wildman–Crippen MR) is 510 cm³/mol. The van der Waals surface area contributed by atoms with Crippen molar-refractivity contribution in [3.8, 4) is 57.5 Å². The van der Waals surface area contributed by atoms with E-state index in [-0.39, 0.29) is 147 Å². The number of benzene rings is 7. The van der Waals surface area contributed by atoms with Crippen LogP contribution in [0.5, 0.6) is 57.5 Å². The van der Waals surface area contributed by atoms with Crippen LogP contribution in [0.2, 0.25) is 0 Å². The first-order chi connectivity index (χ1) is 64.2. The molecule has 5 atom stereocenters. The van der Waals surface area contributed by atoms with Crippen molar-refractivity contribution in [3.05, 3.63) is 188 Å². The highest BCUT2D eigenvalue weighted by atomic mass is 79.9. The molecule has 8 heterocycles. The van der Waals surface area contributed by atoms with Crippen LogP contribution in [0.4, 0.5) is 35.9 Å². The Morgan fingerprint density at radius 3 is 1.13 bits per heavy atom. The lowest BCUT2D eigenvalue weighted by Gasteiger charge is -2.28. The molecule has 0 aliphatic carbocycles. The lowest BCUT2D eigenvalue weighted by atomic mass is 9.82. The van der Waals surface area contributed by atoms with Gasteiger partial charge in [-0.3, -0.25) is 29.2 Å². The van der Waals surface area contributed by atoms with E-state index in [4.69, 9.17) is 42.8 Å². The second-order valence-electron chi connectivity index (χ2n) is 34.2. The van der Waals surface area contributed by atoms with Gasteiger partial charge in [-0.15, -0.1) is 22.0 Å². The highest BCUT2D eigenvalue weighted by Crippen LogP contribution is 2.47. The van der Waals surface area contributed by atoms with Crippen LogP contribution in [0.25, 0.3) is 0 Å². The number of nitrogens with zero attached hydrogens (tertiary/aromatic N) is 12. The minimum absolute atomic E-state index is 0.0193. The molecule has 730 valence electrons. The van der Waals surface area contributed by atoms with Gasteiger partial charge in [-0.25, -0.2) is 23.4 Å². The smallest absolute Gasteiger partial charge is 0.415 e. The molecule has 7 aromatic carbocycles. The van der Waals surface area contributed by atoms with E-state index in [9.17, 15) is 82.2 Å². The number of anilines is 4. The minimum atomic E-state index is -4.92. The zero-order valence-electron chi connectivity index (χ0n) is 76.6. The number of amides is 4. The maximum absolute atomic E-state index is 13.9. The Labute approximate surface area is 796 Å². The zero-order valence-corrected chi connectivity index (χ0v) is 81.4. The SMILES string of the molecule is CC[C@@H](NC1=NS(=O)N=C1Nc1cccc(C(=O)N(C)C)c1O)c1cc(C(C)C)co1.CN(C)C(=O)c1c(Br)ccc(NC2=NS(=O)(=O)NC2=N[C@@H](c2ccc3c(c2)OCO3)C(C)(C)C)c1O.CN(C)C(=O)c1cccc(NC2=NS(=O)(=O)NC2=N[C@@H](c2ccc3c(c2)OCO3)C(C)(C)C)c1O.CN(C)C(=O)c1cccc(NC2=NS(=O)(=O)NC2=N[C@@H](c2ccc3c(c2)OCO3)C(F)(F)F)c1O. The highest BCUT2D eigenvalue weighted by Gasteiger charge is 2.45. The Hall–Kier alpha value is -14.3. The Balaban J connectivity index is 0.000000164. The summed E-state index contributed by atoms with van der Waals surface area (Å²) in [5.74, 6) is -0.502. The van der Waals surface area contributed by atoms with E-state index >= 15 is 0 Å². The van der Waals surface area contributed by atoms with Gasteiger partial charge >= 0.3 is 36.8 Å². The van der Waals surface area contributed by atoms with Gasteiger partial charge in [0.15, 0.2) is 110 Å². The summed E-state index contributed by atoms with van der Waals surface area (Å²) < 4.78 is 191. The molecule has 12 N–H and O–H groups in total. The number of hydrogen-bond donors (Lipinski definition) is 12. The Morgan fingerprint density at radius 2 is 0.796 bits per heavy atom. The number of aromatic hydroxyl groups is 4. The molecule has 1 aromatic heterocycles. The number of ether oxygens (including phenoxy) is 6. The van der Waals surface area contributed by atoms with E-state index in [0.29, 0.717) is 39.8 Å². The number of nitrogens with one attached hydrogen (secondary N) is 8. The molecule has 7 aliphatic heterocycles. The van der Waals surface area contributed by atoms with Crippen molar-refractivity contribution in [3.63, 3.8) is 0 Å². The van der Waals surface area contributed by atoms with Crippen LogP contribution >= 0.6 is 15.9 Å². The molecule has 137 heavy (non-hydrogen) atoms. The monoisotopic (exact) mass is 2040 g/mol. The molecular weight excluding hydrogens is 1940 g/mol. The number of para-hydroxylation sites is 3. The van der Waals surface area contributed by atoms with Crippen molar-refractivity contribution in [2.75, 3.05) is 98.0 Å². The Morgan fingerprint density at radius 1 is 0.460 bits per heavy atom. The average molecular weight is 2040 g/mol. The van der Waals surface area contributed by atoms with E-state index in [2.05, 4.69) is 92.8 Å². The van der Waals surface area contributed by atoms with Gasteiger partial charge in [0.25, 0.3) is 34.8 Å². The predicted octanol–water partition coefficient (Wildman–Crippen LogP) is 11.6. The second kappa shape index (κ2) is 40.7. The third kappa shape index (κ3) is 24.2. The fourth-order valence-corrected chi connectivity index (χ4v) is 17.2. The summed E-state index contributed by atoms with van der Waals surface area (Å²) in [6.07, 6.45) is -2.49. The van der Waals surface area contributed by atoms with Crippen molar-refractivity contribution >= 4 is 151 Å². The van der Waals surface area contributed by atoms with Crippen molar-refractivity contribution in [1.82, 2.24) is 39.1 Å². The summed E-state index contributed by atoms with van der Waals surface area (Å²) in [6, 6.07) is 29.1. The molecule has 50 heteroatoms. The summed E-state index contributed by atoms with van der Waals surface area (Å²) in [4.78, 5) is 67.7. The van der Waals surface area contributed by atoms with Gasteiger partial charge in [0.2, 0.25) is 20.4 Å². The quantitative estimate of drug-likeness (QED) is 0.0355. The van der Waals surface area contributed by atoms with Crippen LogP contribution in [0.15, 0.2) is 180 Å². The number of halogens is 4. The van der Waals surface area contributed by atoms with Gasteiger partial charge in [-0.2, -0.15) is 38.4 Å². The fourth-order valence-electron chi connectivity index (χ4n) is 13.7. The Kier molecular flexibility index (Phi) is 30.2. The lowest BCUT2D eigenvalue weighted by molar-refractivity contribution is -0.148. The number of carbonyl (C=O) groups is 4. The van der Waals surface area contributed by atoms with E-state index in [1.54, 1.807) is 84.9 Å². The van der Waals surface area contributed by atoms with Crippen molar-refractivity contribution in [2.45, 2.75) is 105 Å². The first-order valence-corrected chi connectivity index (χ1v) is 47.6. The van der Waals surface area contributed by atoms with Gasteiger partial charge in [0.05, 0.1) is 69.4 Å². The van der Waals surface area contributed by atoms with Crippen LogP contribution < -0.4 is 69.2 Å². The largest absolute Gasteiger partial charge is 0.505 e. The number of aliphatic imine (C=N–C) groups is 3. The molecule has 1 unspecified atom stereocenters. The number of rotatable bonds is 18. The molecule has 15 rings (SSSR count). The molecule has 0 fully saturated rings. The zero-order chi connectivity index (χ0) is 100. The standard InChI is InChI=1S/C23H26BrN5O6S.C23H27N5O6S.C21H27N5O4S.C20H18F3N5O6S/c1-23(2,3)19(12-6-9-15-16(10-12)35-11-34-15)26-21-20(27-36(32,33)28-21)25-14-8-7-13(24)17(18(14)30)22(31)29(4)5;1-23(2,3)19(13-9-10-16-17(11-13)34-12-33-16)25-21-20(26-35(31,32)27-21)24-15-8-6-7-14(18(15)29)22(30)28(4)5;1-6-15(17-10-13(11-30-17)12(2)3)22-19-20(25-31(29)24-19)23-16-9-7-8-14(18(16)27)21(28)26(4)5;1-28(2)19(30)11-4-3-5-12(15(11)29)24-17-18(27-35(31,32)26-17)25-16(20(21,22)23)10-6-7-13-14(8-10)34-9-33-13/h6-10,19,30H,11H2,1-5H3,(H,25,27)(H,26,28);6-11,19,29H,12H2,1-5H3,(H,24,26)(H,25,27);7-12,15,27H,6H2,1-5H3,(H,22,24)(H,23,25);3-8,16,29H,9H2,1-2H3,(H,24,26)(H,25,27)/t2*19-;15-,31?;16-/m0010/s1. The van der Waals surface area contributed by atoms with Crippen molar-refractivity contribution in [2.24, 2.45) is 47.8 Å². The molecule has 0 bridgehead atoms. The number of amidine groups is 8. The highest BCUT2D eigenvalue weighted by molar-refractivity contribution is 9.10. The molecule has 42 nitrogen and oxygen atoms in total. The lowest BCUT2D eigenvalue weighted by Crippen LogP contribution is -2.36. The van der Waals surface area contributed by atoms with Crippen molar-refractivity contribution in [1.29, 1.82) is 0 Å². The van der Waals surface area contributed by atoms with Gasteiger partial charge in [0, 0.05) is 60.9 Å². The van der Waals surface area contributed by atoms with E-state index < -0.39 is 112 Å². The maximum atomic E-state index is 13.9. The number of furan rings is 1. The van der Waals surface area contributed by atoms with Crippen molar-refractivity contribution < 1.29 is 115 Å². The van der Waals surface area contributed by atoms with Crippen LogP contribution in [0, 0.1) is 10.8 Å². The van der Waals surface area contributed by atoms with E-state index in [0.717, 1.165) is 34.6 Å². The molecule has 0 saturated heterocycles. The topological polar surface area (TPSA) is 545 Å². The molecule has 0 spiro atoms. The summed E-state index contributed by atoms with van der Waals surface area (Å²) in [5.41, 5.74) is 1.87. The molecule has 0 saturated carbocycles. The first kappa shape index (κ1) is 102. The summed E-state index contributed by atoms with van der Waals surface area (Å²) in [7, 11) is -0.205. The number of carbonyl (C=O) groups excluding carboxylic acids is 4.